The largest absolute Gasteiger partial charge is 0.474 e. The van der Waals surface area contributed by atoms with Crippen molar-refractivity contribution in [2.45, 2.75) is 13.0 Å². The number of aliphatic carboxylic acids is 1. The molecule has 1 aromatic rings. The SMILES string of the molecule is O=C(O)C(=O)N1CCc2ccc(Cl)c(Cl)c2C1. The number of amides is 1. The number of nitrogens with zero attached hydrogens (tertiary/aromatic N) is 1. The van der Waals surface area contributed by atoms with Crippen LogP contribution in [0.2, 0.25) is 10.0 Å². The molecule has 0 aliphatic carbocycles. The molecule has 0 saturated heterocycles. The quantitative estimate of drug-likeness (QED) is 0.736. The van der Waals surface area contributed by atoms with E-state index in [0.717, 1.165) is 11.1 Å². The third kappa shape index (κ3) is 2.23. The maximum atomic E-state index is 11.4. The van der Waals surface area contributed by atoms with E-state index >= 15 is 0 Å². The number of carboxylic acids is 1. The van der Waals surface area contributed by atoms with Gasteiger partial charge in [0.1, 0.15) is 0 Å². The molecule has 2 rings (SSSR count). The van der Waals surface area contributed by atoms with E-state index in [1.807, 2.05) is 6.07 Å². The Labute approximate surface area is 108 Å². The van der Waals surface area contributed by atoms with Crippen LogP contribution in [0, 0.1) is 0 Å². The van der Waals surface area contributed by atoms with Gasteiger partial charge in [0.2, 0.25) is 0 Å². The molecule has 0 saturated carbocycles. The second-order valence-corrected chi connectivity index (χ2v) is 4.57. The molecule has 1 N–H and O–H groups in total. The molecule has 0 bridgehead atoms. The van der Waals surface area contributed by atoms with Crippen molar-refractivity contribution >= 4 is 35.1 Å². The first-order chi connectivity index (χ1) is 8.00. The average Bonchev–Trinajstić information content (AvgIpc) is 2.32. The molecule has 0 spiro atoms. The van der Waals surface area contributed by atoms with Gasteiger partial charge in [-0.25, -0.2) is 4.79 Å². The Morgan fingerprint density at radius 1 is 1.29 bits per heavy atom. The van der Waals surface area contributed by atoms with Crippen LogP contribution in [0.25, 0.3) is 0 Å². The summed E-state index contributed by atoms with van der Waals surface area (Å²) >= 11 is 11.9. The number of carboxylic acid groups (broad SMARTS) is 1. The lowest BCUT2D eigenvalue weighted by Crippen LogP contribution is -2.40. The van der Waals surface area contributed by atoms with Crippen LogP contribution in [-0.4, -0.2) is 28.4 Å². The highest BCUT2D eigenvalue weighted by atomic mass is 35.5. The summed E-state index contributed by atoms with van der Waals surface area (Å²) in [4.78, 5) is 23.2. The van der Waals surface area contributed by atoms with Gasteiger partial charge in [0.15, 0.2) is 0 Å². The Balaban J connectivity index is 2.32. The molecule has 1 aliphatic rings. The molecule has 1 amide bonds. The number of carbonyl (C=O) groups excluding carboxylic acids is 1. The summed E-state index contributed by atoms with van der Waals surface area (Å²) in [6.45, 7) is 0.579. The van der Waals surface area contributed by atoms with Gasteiger partial charge in [-0.3, -0.25) is 4.79 Å². The number of benzene rings is 1. The smallest absolute Gasteiger partial charge is 0.394 e. The van der Waals surface area contributed by atoms with Crippen molar-refractivity contribution in [3.05, 3.63) is 33.3 Å². The van der Waals surface area contributed by atoms with Crippen molar-refractivity contribution < 1.29 is 14.7 Å². The third-order valence-corrected chi connectivity index (χ3v) is 3.61. The lowest BCUT2D eigenvalue weighted by molar-refractivity contribution is -0.156. The average molecular weight is 274 g/mol. The maximum Gasteiger partial charge on any atom is 0.394 e. The van der Waals surface area contributed by atoms with E-state index in [9.17, 15) is 9.59 Å². The maximum absolute atomic E-state index is 11.4. The highest BCUT2D eigenvalue weighted by Gasteiger charge is 2.26. The highest BCUT2D eigenvalue weighted by Crippen LogP contribution is 2.32. The number of hydrogen-bond acceptors (Lipinski definition) is 2. The van der Waals surface area contributed by atoms with E-state index < -0.39 is 11.9 Å². The van der Waals surface area contributed by atoms with Crippen molar-refractivity contribution in [2.24, 2.45) is 0 Å². The molecule has 0 fully saturated rings. The van der Waals surface area contributed by atoms with Crippen LogP contribution >= 0.6 is 23.2 Å². The van der Waals surface area contributed by atoms with Gasteiger partial charge in [-0.2, -0.15) is 0 Å². The highest BCUT2D eigenvalue weighted by molar-refractivity contribution is 6.42. The zero-order chi connectivity index (χ0) is 12.6. The minimum atomic E-state index is -1.45. The van der Waals surface area contributed by atoms with Gasteiger partial charge in [0, 0.05) is 13.1 Å². The van der Waals surface area contributed by atoms with Gasteiger partial charge in [-0.1, -0.05) is 29.3 Å². The monoisotopic (exact) mass is 273 g/mol. The fourth-order valence-electron chi connectivity index (χ4n) is 1.87. The Hall–Kier alpha value is -1.26. The van der Waals surface area contributed by atoms with E-state index in [-0.39, 0.29) is 6.54 Å². The van der Waals surface area contributed by atoms with Crippen LogP contribution in [0.5, 0.6) is 0 Å². The predicted molar refractivity (Wildman–Crippen MR) is 63.2 cm³/mol. The molecule has 4 nitrogen and oxygen atoms in total. The number of halogens is 2. The molecular weight excluding hydrogens is 265 g/mol. The standard InChI is InChI=1S/C11H9Cl2NO3/c12-8-2-1-6-3-4-14(10(15)11(16)17)5-7(6)9(8)13/h1-2H,3-5H2,(H,16,17). The van der Waals surface area contributed by atoms with Crippen LogP contribution in [0.15, 0.2) is 12.1 Å². The van der Waals surface area contributed by atoms with Crippen LogP contribution in [0.1, 0.15) is 11.1 Å². The summed E-state index contributed by atoms with van der Waals surface area (Å²) in [6.07, 6.45) is 0.589. The zero-order valence-electron chi connectivity index (χ0n) is 8.74. The fourth-order valence-corrected chi connectivity index (χ4v) is 2.29. The van der Waals surface area contributed by atoms with Crippen molar-refractivity contribution in [1.29, 1.82) is 0 Å². The van der Waals surface area contributed by atoms with Gasteiger partial charge in [-0.05, 0) is 23.6 Å². The van der Waals surface area contributed by atoms with E-state index in [1.54, 1.807) is 6.07 Å². The van der Waals surface area contributed by atoms with Crippen molar-refractivity contribution in [3.8, 4) is 0 Å². The number of carbonyl (C=O) groups is 2. The Kier molecular flexibility index (Phi) is 3.26. The Bertz CT molecular complexity index is 502. The minimum absolute atomic E-state index is 0.194. The topological polar surface area (TPSA) is 57.6 Å². The van der Waals surface area contributed by atoms with E-state index in [1.165, 1.54) is 4.90 Å². The molecule has 90 valence electrons. The van der Waals surface area contributed by atoms with Gasteiger partial charge in [0.05, 0.1) is 10.0 Å². The minimum Gasteiger partial charge on any atom is -0.474 e. The summed E-state index contributed by atoms with van der Waals surface area (Å²) in [5.41, 5.74) is 1.74. The van der Waals surface area contributed by atoms with Gasteiger partial charge < -0.3 is 10.0 Å². The van der Waals surface area contributed by atoms with Crippen LogP contribution < -0.4 is 0 Å². The van der Waals surface area contributed by atoms with Crippen LogP contribution in [0.3, 0.4) is 0 Å². The molecule has 1 aromatic carbocycles. The third-order valence-electron chi connectivity index (χ3n) is 2.76. The van der Waals surface area contributed by atoms with Crippen LogP contribution in [0.4, 0.5) is 0 Å². The molecule has 0 unspecified atom stereocenters. The second kappa shape index (κ2) is 4.55. The van der Waals surface area contributed by atoms with E-state index in [2.05, 4.69) is 0 Å². The second-order valence-electron chi connectivity index (χ2n) is 3.78. The first-order valence-electron chi connectivity index (χ1n) is 4.98. The Morgan fingerprint density at radius 3 is 2.65 bits per heavy atom. The van der Waals surface area contributed by atoms with E-state index in [0.29, 0.717) is 23.0 Å². The van der Waals surface area contributed by atoms with Gasteiger partial charge >= 0.3 is 11.9 Å². The lowest BCUT2D eigenvalue weighted by Gasteiger charge is -2.28. The fraction of sp³-hybridized carbons (Fsp3) is 0.273. The molecule has 1 heterocycles. The summed E-state index contributed by atoms with van der Waals surface area (Å²) in [5.74, 6) is -2.36. The molecule has 17 heavy (non-hydrogen) atoms. The van der Waals surface area contributed by atoms with Crippen molar-refractivity contribution in [1.82, 2.24) is 4.90 Å². The first-order valence-corrected chi connectivity index (χ1v) is 5.74. The summed E-state index contributed by atoms with van der Waals surface area (Å²) in [7, 11) is 0. The summed E-state index contributed by atoms with van der Waals surface area (Å²) in [6, 6.07) is 3.56. The number of hydrogen-bond donors (Lipinski definition) is 1. The zero-order valence-corrected chi connectivity index (χ0v) is 10.3. The lowest BCUT2D eigenvalue weighted by atomic mass is 9.99. The molecule has 0 radical (unpaired) electrons. The molecular formula is C11H9Cl2NO3. The Morgan fingerprint density at radius 2 is 2.00 bits per heavy atom. The normalized spacial score (nSPS) is 14.4. The van der Waals surface area contributed by atoms with Gasteiger partial charge in [0.25, 0.3) is 0 Å². The molecule has 6 heteroatoms. The first kappa shape index (κ1) is 12.2. The molecule has 0 aromatic heterocycles. The van der Waals surface area contributed by atoms with E-state index in [4.69, 9.17) is 28.3 Å². The van der Waals surface area contributed by atoms with Gasteiger partial charge in [-0.15, -0.1) is 0 Å². The van der Waals surface area contributed by atoms with Crippen LogP contribution in [-0.2, 0) is 22.6 Å². The number of rotatable bonds is 0. The van der Waals surface area contributed by atoms with Crippen molar-refractivity contribution in [2.75, 3.05) is 6.54 Å². The molecule has 0 atom stereocenters. The molecule has 1 aliphatic heterocycles. The predicted octanol–water partition coefficient (Wildman–Crippen LogP) is 1.96. The number of fused-ring (bicyclic) bond motifs is 1. The summed E-state index contributed by atoms with van der Waals surface area (Å²) < 4.78 is 0. The summed E-state index contributed by atoms with van der Waals surface area (Å²) in [5, 5.41) is 9.46. The van der Waals surface area contributed by atoms with Crippen molar-refractivity contribution in [3.63, 3.8) is 0 Å².